The minimum atomic E-state index is -0.670. The first-order valence-electron chi connectivity index (χ1n) is 7.95. The highest BCUT2D eigenvalue weighted by atomic mass is 16.5. The lowest BCUT2D eigenvalue weighted by Gasteiger charge is -2.17. The summed E-state index contributed by atoms with van der Waals surface area (Å²) >= 11 is 0. The Morgan fingerprint density at radius 2 is 1.52 bits per heavy atom. The Bertz CT molecular complexity index is 1050. The first kappa shape index (κ1) is 18.6. The SMILES string of the molecule is COc1c(-c2ccc(O)cc2)oc2c(OC)c(CO)c(CO)c(O)c2c1=O. The summed E-state index contributed by atoms with van der Waals surface area (Å²) in [4.78, 5) is 13.0. The Morgan fingerprint density at radius 1 is 0.926 bits per heavy atom. The Balaban J connectivity index is 2.51. The molecule has 0 aliphatic rings. The van der Waals surface area contributed by atoms with Gasteiger partial charge in [-0.15, -0.1) is 0 Å². The zero-order valence-corrected chi connectivity index (χ0v) is 14.6. The molecule has 0 fully saturated rings. The van der Waals surface area contributed by atoms with Gasteiger partial charge in [-0.2, -0.15) is 0 Å². The molecular formula is C19H18O8. The van der Waals surface area contributed by atoms with E-state index in [1.54, 1.807) is 0 Å². The van der Waals surface area contributed by atoms with Crippen molar-refractivity contribution in [2.24, 2.45) is 0 Å². The predicted octanol–water partition coefficient (Wildman–Crippen LogP) is 1.87. The smallest absolute Gasteiger partial charge is 0.239 e. The molecular weight excluding hydrogens is 356 g/mol. The molecule has 0 saturated carbocycles. The molecule has 0 unspecified atom stereocenters. The number of fused-ring (bicyclic) bond motifs is 1. The second kappa shape index (κ2) is 7.18. The molecule has 0 saturated heterocycles. The number of ether oxygens (including phenoxy) is 2. The van der Waals surface area contributed by atoms with Gasteiger partial charge in [0.25, 0.3) is 0 Å². The number of hydrogen-bond acceptors (Lipinski definition) is 8. The molecule has 0 radical (unpaired) electrons. The number of rotatable bonds is 5. The molecule has 0 aliphatic heterocycles. The molecule has 3 aromatic rings. The first-order valence-corrected chi connectivity index (χ1v) is 7.95. The third kappa shape index (κ3) is 2.84. The van der Waals surface area contributed by atoms with Gasteiger partial charge in [0.1, 0.15) is 16.9 Å². The molecule has 0 spiro atoms. The number of methoxy groups -OCH3 is 2. The van der Waals surface area contributed by atoms with Crippen molar-refractivity contribution in [2.45, 2.75) is 13.2 Å². The zero-order valence-electron chi connectivity index (χ0n) is 14.6. The highest BCUT2D eigenvalue weighted by molar-refractivity contribution is 5.93. The van der Waals surface area contributed by atoms with Crippen molar-refractivity contribution >= 4 is 11.0 Å². The van der Waals surface area contributed by atoms with Crippen LogP contribution in [0.4, 0.5) is 0 Å². The topological polar surface area (TPSA) is 130 Å². The summed E-state index contributed by atoms with van der Waals surface area (Å²) in [5.41, 5.74) is -0.243. The van der Waals surface area contributed by atoms with Crippen LogP contribution < -0.4 is 14.9 Å². The van der Waals surface area contributed by atoms with Gasteiger partial charge in [0.05, 0.1) is 27.4 Å². The van der Waals surface area contributed by atoms with Crippen LogP contribution in [0.5, 0.6) is 23.0 Å². The number of hydrogen-bond donors (Lipinski definition) is 4. The van der Waals surface area contributed by atoms with Crippen molar-refractivity contribution in [2.75, 3.05) is 14.2 Å². The minimum Gasteiger partial charge on any atom is -0.508 e. The van der Waals surface area contributed by atoms with Crippen molar-refractivity contribution in [1.29, 1.82) is 0 Å². The van der Waals surface area contributed by atoms with E-state index in [-0.39, 0.29) is 45.1 Å². The molecule has 0 bridgehead atoms. The fourth-order valence-electron chi connectivity index (χ4n) is 3.00. The van der Waals surface area contributed by atoms with E-state index in [0.29, 0.717) is 5.56 Å². The van der Waals surface area contributed by atoms with Crippen LogP contribution in [-0.4, -0.2) is 34.6 Å². The highest BCUT2D eigenvalue weighted by Gasteiger charge is 2.27. The number of phenolic OH excluding ortho intramolecular Hbond substituents is 1. The summed E-state index contributed by atoms with van der Waals surface area (Å²) in [5.74, 6) is -0.554. The summed E-state index contributed by atoms with van der Waals surface area (Å²) in [6, 6.07) is 5.90. The number of aromatic hydroxyl groups is 2. The Labute approximate surface area is 153 Å². The lowest BCUT2D eigenvalue weighted by atomic mass is 10.0. The van der Waals surface area contributed by atoms with Gasteiger partial charge in [-0.1, -0.05) is 0 Å². The van der Waals surface area contributed by atoms with E-state index in [1.165, 1.54) is 38.5 Å². The summed E-state index contributed by atoms with van der Waals surface area (Å²) in [6.45, 7) is -1.16. The van der Waals surface area contributed by atoms with Crippen molar-refractivity contribution in [3.63, 3.8) is 0 Å². The van der Waals surface area contributed by atoms with Crippen LogP contribution >= 0.6 is 0 Å². The average molecular weight is 374 g/mol. The van der Waals surface area contributed by atoms with Crippen LogP contribution in [0.15, 0.2) is 33.5 Å². The molecule has 8 heteroatoms. The van der Waals surface area contributed by atoms with Gasteiger partial charge in [0.2, 0.25) is 11.2 Å². The largest absolute Gasteiger partial charge is 0.508 e. The lowest BCUT2D eigenvalue weighted by molar-refractivity contribution is 0.249. The van der Waals surface area contributed by atoms with E-state index in [4.69, 9.17) is 13.9 Å². The van der Waals surface area contributed by atoms with Gasteiger partial charge in [-0.25, -0.2) is 0 Å². The molecule has 3 rings (SSSR count). The van der Waals surface area contributed by atoms with Crippen molar-refractivity contribution in [3.05, 3.63) is 45.6 Å². The van der Waals surface area contributed by atoms with Gasteiger partial charge in [-0.3, -0.25) is 4.79 Å². The molecule has 0 atom stereocenters. The second-order valence-electron chi connectivity index (χ2n) is 5.70. The van der Waals surface area contributed by atoms with Crippen LogP contribution in [-0.2, 0) is 13.2 Å². The third-order valence-corrected chi connectivity index (χ3v) is 4.29. The predicted molar refractivity (Wildman–Crippen MR) is 96.2 cm³/mol. The lowest BCUT2D eigenvalue weighted by Crippen LogP contribution is -2.11. The van der Waals surface area contributed by atoms with Crippen LogP contribution in [0.1, 0.15) is 11.1 Å². The number of phenols is 2. The van der Waals surface area contributed by atoms with Crippen molar-refractivity contribution in [1.82, 2.24) is 0 Å². The number of aliphatic hydroxyl groups is 2. The van der Waals surface area contributed by atoms with E-state index >= 15 is 0 Å². The molecule has 0 amide bonds. The fraction of sp³-hybridized carbons (Fsp3) is 0.211. The van der Waals surface area contributed by atoms with E-state index in [1.807, 2.05) is 0 Å². The molecule has 1 heterocycles. The van der Waals surface area contributed by atoms with E-state index in [0.717, 1.165) is 0 Å². The summed E-state index contributed by atoms with van der Waals surface area (Å²) < 4.78 is 16.3. The molecule has 142 valence electrons. The van der Waals surface area contributed by atoms with Crippen LogP contribution in [0.25, 0.3) is 22.3 Å². The van der Waals surface area contributed by atoms with E-state index in [9.17, 15) is 25.2 Å². The van der Waals surface area contributed by atoms with Gasteiger partial charge < -0.3 is 34.3 Å². The quantitative estimate of drug-likeness (QED) is 0.533. The average Bonchev–Trinajstić information content (AvgIpc) is 2.67. The Kier molecular flexibility index (Phi) is 4.93. The fourth-order valence-corrected chi connectivity index (χ4v) is 3.00. The monoisotopic (exact) mass is 374 g/mol. The highest BCUT2D eigenvalue weighted by Crippen LogP contribution is 2.42. The van der Waals surface area contributed by atoms with Gasteiger partial charge in [-0.05, 0) is 24.3 Å². The maximum atomic E-state index is 13.0. The summed E-state index contributed by atoms with van der Waals surface area (Å²) in [5, 5.41) is 39.0. The Hall–Kier alpha value is -3.23. The third-order valence-electron chi connectivity index (χ3n) is 4.29. The van der Waals surface area contributed by atoms with Gasteiger partial charge >= 0.3 is 0 Å². The zero-order chi connectivity index (χ0) is 19.7. The maximum Gasteiger partial charge on any atom is 0.239 e. The van der Waals surface area contributed by atoms with Crippen LogP contribution in [0.3, 0.4) is 0 Å². The van der Waals surface area contributed by atoms with Crippen LogP contribution in [0.2, 0.25) is 0 Å². The van der Waals surface area contributed by atoms with E-state index < -0.39 is 24.4 Å². The molecule has 4 N–H and O–H groups in total. The van der Waals surface area contributed by atoms with Gasteiger partial charge in [0.15, 0.2) is 17.1 Å². The maximum absolute atomic E-state index is 13.0. The van der Waals surface area contributed by atoms with Crippen molar-refractivity contribution in [3.8, 4) is 34.3 Å². The molecule has 8 nitrogen and oxygen atoms in total. The summed E-state index contributed by atoms with van der Waals surface area (Å²) in [6.07, 6.45) is 0. The summed E-state index contributed by atoms with van der Waals surface area (Å²) in [7, 11) is 2.60. The minimum absolute atomic E-state index is 0.0223. The normalized spacial score (nSPS) is 11.0. The Morgan fingerprint density at radius 3 is 2.04 bits per heavy atom. The molecule has 27 heavy (non-hydrogen) atoms. The van der Waals surface area contributed by atoms with Crippen LogP contribution in [0, 0.1) is 0 Å². The molecule has 2 aromatic carbocycles. The standard InChI is InChI=1S/C19H18O8/c1-25-17-12(8-21)11(7-20)14(23)13-15(24)19(26-2)16(27-18(13)17)9-3-5-10(22)6-4-9/h3-6,20-23H,7-8H2,1-2H3. The molecule has 1 aromatic heterocycles. The first-order chi connectivity index (χ1) is 13.0. The van der Waals surface area contributed by atoms with Gasteiger partial charge in [0, 0.05) is 16.7 Å². The van der Waals surface area contributed by atoms with E-state index in [2.05, 4.69) is 0 Å². The second-order valence-corrected chi connectivity index (χ2v) is 5.70. The molecule has 0 aliphatic carbocycles. The number of aliphatic hydroxyl groups excluding tert-OH is 2. The number of benzene rings is 2. The van der Waals surface area contributed by atoms with Crippen molar-refractivity contribution < 1.29 is 34.3 Å².